The first-order chi connectivity index (χ1) is 10.4. The van der Waals surface area contributed by atoms with Gasteiger partial charge in [0.2, 0.25) is 5.88 Å². The predicted octanol–water partition coefficient (Wildman–Crippen LogP) is 2.13. The highest BCUT2D eigenvalue weighted by Gasteiger charge is 2.25. The molecule has 114 valence electrons. The summed E-state index contributed by atoms with van der Waals surface area (Å²) in [5.74, 6) is -1.22. The highest BCUT2D eigenvalue weighted by Crippen LogP contribution is 2.27. The lowest BCUT2D eigenvalue weighted by atomic mass is 10.1. The molecule has 2 heterocycles. The first kappa shape index (κ1) is 15.3. The number of nitrogens with one attached hydrogen (secondary N) is 1. The number of furan rings is 2. The summed E-state index contributed by atoms with van der Waals surface area (Å²) in [6.45, 7) is 2.80. The second-order valence-corrected chi connectivity index (χ2v) is 4.50. The SMILES string of the molecule is CC(=O)c1c(C)oc(NC(=O)/C=C/c2ccco2)c1C(N)=O. The summed E-state index contributed by atoms with van der Waals surface area (Å²) in [6, 6.07) is 3.35. The Bertz CT molecular complexity index is 753. The molecule has 0 aliphatic carbocycles. The van der Waals surface area contributed by atoms with Gasteiger partial charge in [0.1, 0.15) is 17.1 Å². The van der Waals surface area contributed by atoms with Gasteiger partial charge in [-0.15, -0.1) is 0 Å². The van der Waals surface area contributed by atoms with Crippen LogP contribution in [-0.2, 0) is 4.79 Å². The molecule has 0 aliphatic heterocycles. The normalized spacial score (nSPS) is 10.8. The molecule has 7 nitrogen and oxygen atoms in total. The van der Waals surface area contributed by atoms with Crippen molar-refractivity contribution < 1.29 is 23.2 Å². The first-order valence-corrected chi connectivity index (χ1v) is 6.37. The van der Waals surface area contributed by atoms with Gasteiger partial charge < -0.3 is 14.6 Å². The lowest BCUT2D eigenvalue weighted by Crippen LogP contribution is -2.18. The number of Topliss-reactive ketones (excluding diaryl/α,β-unsaturated/α-hetero) is 1. The summed E-state index contributed by atoms with van der Waals surface area (Å²) >= 11 is 0. The van der Waals surface area contributed by atoms with Crippen LogP contribution < -0.4 is 11.1 Å². The van der Waals surface area contributed by atoms with E-state index in [9.17, 15) is 14.4 Å². The Kier molecular flexibility index (Phi) is 4.26. The van der Waals surface area contributed by atoms with Gasteiger partial charge in [-0.05, 0) is 32.1 Å². The molecule has 2 rings (SSSR count). The third-order valence-electron chi connectivity index (χ3n) is 2.86. The fourth-order valence-electron chi connectivity index (χ4n) is 1.99. The number of hydrogen-bond donors (Lipinski definition) is 2. The lowest BCUT2D eigenvalue weighted by molar-refractivity contribution is -0.111. The van der Waals surface area contributed by atoms with Gasteiger partial charge in [0.15, 0.2) is 5.78 Å². The van der Waals surface area contributed by atoms with E-state index in [0.29, 0.717) is 5.76 Å². The van der Waals surface area contributed by atoms with Gasteiger partial charge in [-0.25, -0.2) is 0 Å². The highest BCUT2D eigenvalue weighted by molar-refractivity contribution is 6.13. The topological polar surface area (TPSA) is 116 Å². The second kappa shape index (κ2) is 6.13. The maximum atomic E-state index is 11.8. The zero-order valence-electron chi connectivity index (χ0n) is 12.0. The van der Waals surface area contributed by atoms with Crippen LogP contribution in [0.5, 0.6) is 0 Å². The Morgan fingerprint density at radius 1 is 1.27 bits per heavy atom. The average Bonchev–Trinajstić information content (AvgIpc) is 3.03. The highest BCUT2D eigenvalue weighted by atomic mass is 16.4. The Balaban J connectivity index is 2.26. The summed E-state index contributed by atoms with van der Waals surface area (Å²) in [7, 11) is 0. The Hall–Kier alpha value is -3.09. The van der Waals surface area contributed by atoms with E-state index in [4.69, 9.17) is 14.6 Å². The second-order valence-electron chi connectivity index (χ2n) is 4.50. The van der Waals surface area contributed by atoms with Crippen molar-refractivity contribution in [3.05, 3.63) is 47.1 Å². The van der Waals surface area contributed by atoms with Crippen LogP contribution in [0.25, 0.3) is 6.08 Å². The standard InChI is InChI=1S/C15H14N2O5/c1-8(18)12-9(2)22-15(13(12)14(16)20)17-11(19)6-5-10-4-3-7-21-10/h3-7H,1-2H3,(H2,16,20)(H,17,19)/b6-5+. The van der Waals surface area contributed by atoms with E-state index < -0.39 is 11.8 Å². The zero-order chi connectivity index (χ0) is 16.3. The van der Waals surface area contributed by atoms with Crippen LogP contribution >= 0.6 is 0 Å². The molecule has 22 heavy (non-hydrogen) atoms. The summed E-state index contributed by atoms with van der Waals surface area (Å²) in [5.41, 5.74) is 5.19. The van der Waals surface area contributed by atoms with Crippen molar-refractivity contribution in [1.29, 1.82) is 0 Å². The summed E-state index contributed by atoms with van der Waals surface area (Å²) in [6.07, 6.45) is 4.12. The fraction of sp³-hybridized carbons (Fsp3) is 0.133. The number of carbonyl (C=O) groups is 3. The maximum absolute atomic E-state index is 11.8. The number of rotatable bonds is 5. The molecule has 2 aromatic heterocycles. The molecule has 0 atom stereocenters. The fourth-order valence-corrected chi connectivity index (χ4v) is 1.99. The Morgan fingerprint density at radius 3 is 2.55 bits per heavy atom. The molecule has 0 spiro atoms. The molecule has 0 aromatic carbocycles. The maximum Gasteiger partial charge on any atom is 0.255 e. The number of amides is 2. The molecule has 0 fully saturated rings. The molecule has 2 amide bonds. The van der Waals surface area contributed by atoms with Gasteiger partial charge >= 0.3 is 0 Å². The molecule has 2 aromatic rings. The summed E-state index contributed by atoms with van der Waals surface area (Å²) in [5, 5.41) is 2.38. The Labute approximate surface area is 125 Å². The van der Waals surface area contributed by atoms with Crippen LogP contribution in [0.15, 0.2) is 33.3 Å². The lowest BCUT2D eigenvalue weighted by Gasteiger charge is -2.00. The van der Waals surface area contributed by atoms with E-state index >= 15 is 0 Å². The first-order valence-electron chi connectivity index (χ1n) is 6.37. The van der Waals surface area contributed by atoms with E-state index in [-0.39, 0.29) is 28.6 Å². The van der Waals surface area contributed by atoms with Crippen molar-refractivity contribution >= 4 is 29.6 Å². The molecule has 0 bridgehead atoms. The molecule has 0 unspecified atom stereocenters. The summed E-state index contributed by atoms with van der Waals surface area (Å²) in [4.78, 5) is 34.9. The minimum atomic E-state index is -0.854. The summed E-state index contributed by atoms with van der Waals surface area (Å²) < 4.78 is 10.3. The average molecular weight is 302 g/mol. The molecule has 0 radical (unpaired) electrons. The third-order valence-corrected chi connectivity index (χ3v) is 2.86. The largest absolute Gasteiger partial charge is 0.465 e. The number of nitrogens with two attached hydrogens (primary N) is 1. The molecule has 0 saturated carbocycles. The van der Waals surface area contributed by atoms with E-state index in [1.54, 1.807) is 12.1 Å². The van der Waals surface area contributed by atoms with Gasteiger partial charge in [-0.2, -0.15) is 0 Å². The van der Waals surface area contributed by atoms with Crippen molar-refractivity contribution in [1.82, 2.24) is 0 Å². The monoisotopic (exact) mass is 302 g/mol. The van der Waals surface area contributed by atoms with E-state index in [2.05, 4.69) is 5.32 Å². The molecule has 0 aliphatic rings. The predicted molar refractivity (Wildman–Crippen MR) is 78.3 cm³/mol. The van der Waals surface area contributed by atoms with Crippen molar-refractivity contribution in [3.8, 4) is 0 Å². The molecule has 0 saturated heterocycles. The number of primary amides is 1. The van der Waals surface area contributed by atoms with Crippen LogP contribution in [0.2, 0.25) is 0 Å². The van der Waals surface area contributed by atoms with Gasteiger partial charge in [-0.1, -0.05) is 0 Å². The molecule has 3 N–H and O–H groups in total. The number of anilines is 1. The minimum Gasteiger partial charge on any atom is -0.465 e. The number of aryl methyl sites for hydroxylation is 1. The number of hydrogen-bond acceptors (Lipinski definition) is 5. The number of carbonyl (C=O) groups excluding carboxylic acids is 3. The van der Waals surface area contributed by atoms with E-state index in [0.717, 1.165) is 0 Å². The van der Waals surface area contributed by atoms with Crippen molar-refractivity contribution in [3.63, 3.8) is 0 Å². The van der Waals surface area contributed by atoms with Crippen LogP contribution in [0.1, 0.15) is 39.2 Å². The van der Waals surface area contributed by atoms with Crippen molar-refractivity contribution in [2.24, 2.45) is 5.73 Å². The number of ketones is 1. The third kappa shape index (κ3) is 3.14. The molecular formula is C15H14N2O5. The van der Waals surface area contributed by atoms with Gasteiger partial charge in [0, 0.05) is 6.08 Å². The van der Waals surface area contributed by atoms with Gasteiger partial charge in [0.25, 0.3) is 11.8 Å². The zero-order valence-corrected chi connectivity index (χ0v) is 12.0. The van der Waals surface area contributed by atoms with E-state index in [1.807, 2.05) is 0 Å². The van der Waals surface area contributed by atoms with Crippen molar-refractivity contribution in [2.75, 3.05) is 5.32 Å². The van der Waals surface area contributed by atoms with Gasteiger partial charge in [0.05, 0.1) is 11.8 Å². The van der Waals surface area contributed by atoms with Crippen LogP contribution in [0.3, 0.4) is 0 Å². The van der Waals surface area contributed by atoms with Crippen LogP contribution in [0, 0.1) is 6.92 Å². The van der Waals surface area contributed by atoms with E-state index in [1.165, 1.54) is 32.3 Å². The quantitative estimate of drug-likeness (QED) is 0.648. The minimum absolute atomic E-state index is 0.0674. The Morgan fingerprint density at radius 2 is 2.00 bits per heavy atom. The van der Waals surface area contributed by atoms with Crippen LogP contribution in [0.4, 0.5) is 5.88 Å². The molecular weight excluding hydrogens is 288 g/mol. The smallest absolute Gasteiger partial charge is 0.255 e. The van der Waals surface area contributed by atoms with Gasteiger partial charge in [-0.3, -0.25) is 19.7 Å². The van der Waals surface area contributed by atoms with Crippen molar-refractivity contribution in [2.45, 2.75) is 13.8 Å². The van der Waals surface area contributed by atoms with Crippen LogP contribution in [-0.4, -0.2) is 17.6 Å². The molecule has 7 heteroatoms.